The van der Waals surface area contributed by atoms with E-state index in [1.165, 1.54) is 0 Å². The molecule has 1 aromatic rings. The van der Waals surface area contributed by atoms with E-state index in [1.54, 1.807) is 0 Å². The van der Waals surface area contributed by atoms with Crippen molar-refractivity contribution >= 4 is 0 Å². The average molecular weight is 237 g/mol. The van der Waals surface area contributed by atoms with Gasteiger partial charge in [-0.1, -0.05) is 0 Å². The smallest absolute Gasteiger partial charge is 0.212 e. The zero-order valence-electron chi connectivity index (χ0n) is 10.0. The van der Waals surface area contributed by atoms with Crippen molar-refractivity contribution in [2.45, 2.75) is 31.8 Å². The Morgan fingerprint density at radius 1 is 1.29 bits per heavy atom. The van der Waals surface area contributed by atoms with Crippen LogP contribution in [0.3, 0.4) is 0 Å². The van der Waals surface area contributed by atoms with E-state index in [9.17, 15) is 0 Å². The molecule has 1 N–H and O–H groups in total. The van der Waals surface area contributed by atoms with Crippen LogP contribution in [0.4, 0.5) is 0 Å². The molecule has 17 heavy (non-hydrogen) atoms. The molecule has 3 rings (SSSR count). The monoisotopic (exact) mass is 237 g/mol. The lowest BCUT2D eigenvalue weighted by Crippen LogP contribution is -2.22. The first-order valence-electron chi connectivity index (χ1n) is 6.45. The summed E-state index contributed by atoms with van der Waals surface area (Å²) in [6.07, 6.45) is 3.25. The third-order valence-electron chi connectivity index (χ3n) is 3.32. The SMILES string of the molecule is c1c(C2CCOCCN2)nn2c1OCCCC2. The molecule has 0 spiro atoms. The Hall–Kier alpha value is -1.07. The lowest BCUT2D eigenvalue weighted by atomic mass is 10.1. The molecular formula is C12H19N3O2. The maximum absolute atomic E-state index is 5.69. The number of fused-ring (bicyclic) bond motifs is 1. The molecule has 0 aromatic carbocycles. The topological polar surface area (TPSA) is 48.3 Å². The van der Waals surface area contributed by atoms with E-state index >= 15 is 0 Å². The van der Waals surface area contributed by atoms with E-state index in [0.717, 1.165) is 63.7 Å². The van der Waals surface area contributed by atoms with Gasteiger partial charge in [-0.15, -0.1) is 0 Å². The zero-order valence-corrected chi connectivity index (χ0v) is 10.0. The van der Waals surface area contributed by atoms with Gasteiger partial charge in [-0.25, -0.2) is 4.68 Å². The van der Waals surface area contributed by atoms with E-state index in [4.69, 9.17) is 9.47 Å². The minimum Gasteiger partial charge on any atom is -0.478 e. The van der Waals surface area contributed by atoms with Gasteiger partial charge in [0.05, 0.1) is 24.9 Å². The van der Waals surface area contributed by atoms with Crippen LogP contribution in [0.15, 0.2) is 6.07 Å². The first-order chi connectivity index (χ1) is 8.43. The molecule has 1 aromatic heterocycles. The number of aryl methyl sites for hydroxylation is 1. The molecule has 1 unspecified atom stereocenters. The van der Waals surface area contributed by atoms with Crippen LogP contribution in [0, 0.1) is 0 Å². The summed E-state index contributed by atoms with van der Waals surface area (Å²) in [7, 11) is 0. The molecule has 0 radical (unpaired) electrons. The maximum atomic E-state index is 5.69. The largest absolute Gasteiger partial charge is 0.478 e. The normalized spacial score (nSPS) is 25.5. The molecule has 1 fully saturated rings. The minimum absolute atomic E-state index is 0.306. The molecule has 0 aliphatic carbocycles. The fraction of sp³-hybridized carbons (Fsp3) is 0.750. The predicted octanol–water partition coefficient (Wildman–Crippen LogP) is 1.11. The summed E-state index contributed by atoms with van der Waals surface area (Å²) in [5, 5.41) is 8.12. The number of nitrogens with one attached hydrogen (secondary N) is 1. The second-order valence-electron chi connectivity index (χ2n) is 4.59. The van der Waals surface area contributed by atoms with E-state index in [0.29, 0.717) is 6.04 Å². The third kappa shape index (κ3) is 2.45. The Balaban J connectivity index is 1.78. The van der Waals surface area contributed by atoms with Crippen molar-refractivity contribution in [2.24, 2.45) is 0 Å². The maximum Gasteiger partial charge on any atom is 0.212 e. The van der Waals surface area contributed by atoms with Gasteiger partial charge in [0.25, 0.3) is 0 Å². The van der Waals surface area contributed by atoms with Gasteiger partial charge in [0.15, 0.2) is 0 Å². The van der Waals surface area contributed by atoms with Crippen LogP contribution >= 0.6 is 0 Å². The summed E-state index contributed by atoms with van der Waals surface area (Å²) >= 11 is 0. The summed E-state index contributed by atoms with van der Waals surface area (Å²) in [5.41, 5.74) is 1.09. The van der Waals surface area contributed by atoms with Gasteiger partial charge in [-0.3, -0.25) is 0 Å². The highest BCUT2D eigenvalue weighted by Crippen LogP contribution is 2.24. The standard InChI is InChI=1S/C12H19N3O2/c1-2-6-17-12-9-11(14-15(12)5-1)10-3-7-16-8-4-13-10/h9-10,13H,1-8H2. The van der Waals surface area contributed by atoms with Crippen LogP contribution in [0.2, 0.25) is 0 Å². The fourth-order valence-corrected chi connectivity index (χ4v) is 2.37. The van der Waals surface area contributed by atoms with Crippen molar-refractivity contribution < 1.29 is 9.47 Å². The van der Waals surface area contributed by atoms with Gasteiger partial charge >= 0.3 is 0 Å². The zero-order chi connectivity index (χ0) is 11.5. The molecule has 2 aliphatic heterocycles. The number of hydrogen-bond donors (Lipinski definition) is 1. The average Bonchev–Trinajstić information content (AvgIpc) is 2.58. The molecular weight excluding hydrogens is 218 g/mol. The summed E-state index contributed by atoms with van der Waals surface area (Å²) in [6, 6.07) is 2.38. The highest BCUT2D eigenvalue weighted by atomic mass is 16.5. The second-order valence-corrected chi connectivity index (χ2v) is 4.59. The molecule has 5 nitrogen and oxygen atoms in total. The number of rotatable bonds is 1. The first kappa shape index (κ1) is 11.0. The Bertz CT molecular complexity index is 346. The van der Waals surface area contributed by atoms with E-state index in [2.05, 4.69) is 16.5 Å². The van der Waals surface area contributed by atoms with Gasteiger partial charge in [0.2, 0.25) is 5.88 Å². The van der Waals surface area contributed by atoms with Crippen molar-refractivity contribution in [2.75, 3.05) is 26.4 Å². The summed E-state index contributed by atoms with van der Waals surface area (Å²) in [4.78, 5) is 0. The molecule has 0 bridgehead atoms. The number of hydrogen-bond acceptors (Lipinski definition) is 4. The Kier molecular flexibility index (Phi) is 3.29. The van der Waals surface area contributed by atoms with Crippen LogP contribution in [0.1, 0.15) is 31.0 Å². The van der Waals surface area contributed by atoms with Crippen molar-refractivity contribution in [1.29, 1.82) is 0 Å². The van der Waals surface area contributed by atoms with Crippen molar-refractivity contribution in [3.8, 4) is 5.88 Å². The second kappa shape index (κ2) is 5.06. The van der Waals surface area contributed by atoms with Gasteiger partial charge in [-0.2, -0.15) is 5.10 Å². The van der Waals surface area contributed by atoms with Crippen LogP contribution in [-0.2, 0) is 11.3 Å². The Morgan fingerprint density at radius 3 is 3.29 bits per heavy atom. The van der Waals surface area contributed by atoms with Gasteiger partial charge in [0, 0.05) is 25.8 Å². The quantitative estimate of drug-likeness (QED) is 0.795. The van der Waals surface area contributed by atoms with Crippen LogP contribution in [0.25, 0.3) is 0 Å². The highest BCUT2D eigenvalue weighted by Gasteiger charge is 2.20. The molecule has 2 aliphatic rings. The summed E-state index contributed by atoms with van der Waals surface area (Å²) in [6.45, 7) is 4.28. The summed E-state index contributed by atoms with van der Waals surface area (Å²) in [5.74, 6) is 0.921. The lowest BCUT2D eigenvalue weighted by molar-refractivity contribution is 0.149. The van der Waals surface area contributed by atoms with Crippen LogP contribution in [0.5, 0.6) is 5.88 Å². The fourth-order valence-electron chi connectivity index (χ4n) is 2.37. The third-order valence-corrected chi connectivity index (χ3v) is 3.32. The van der Waals surface area contributed by atoms with Crippen molar-refractivity contribution in [3.05, 3.63) is 11.8 Å². The van der Waals surface area contributed by atoms with Crippen molar-refractivity contribution in [1.82, 2.24) is 15.1 Å². The minimum atomic E-state index is 0.306. The molecule has 3 heterocycles. The van der Waals surface area contributed by atoms with Gasteiger partial charge < -0.3 is 14.8 Å². The number of aromatic nitrogens is 2. The predicted molar refractivity (Wildman–Crippen MR) is 63.1 cm³/mol. The molecule has 1 saturated heterocycles. The molecule has 5 heteroatoms. The Morgan fingerprint density at radius 2 is 2.29 bits per heavy atom. The van der Waals surface area contributed by atoms with Crippen molar-refractivity contribution in [3.63, 3.8) is 0 Å². The number of ether oxygens (including phenoxy) is 2. The first-order valence-corrected chi connectivity index (χ1v) is 6.45. The van der Waals surface area contributed by atoms with Crippen LogP contribution < -0.4 is 10.1 Å². The van der Waals surface area contributed by atoms with Gasteiger partial charge in [0.1, 0.15) is 0 Å². The van der Waals surface area contributed by atoms with Gasteiger partial charge in [-0.05, 0) is 19.3 Å². The number of nitrogens with zero attached hydrogens (tertiary/aromatic N) is 2. The molecule has 1 atom stereocenters. The summed E-state index contributed by atoms with van der Waals surface area (Å²) < 4.78 is 13.1. The van der Waals surface area contributed by atoms with Crippen LogP contribution in [-0.4, -0.2) is 36.1 Å². The van der Waals surface area contributed by atoms with E-state index < -0.39 is 0 Å². The van der Waals surface area contributed by atoms with E-state index in [1.807, 2.05) is 4.68 Å². The molecule has 94 valence electrons. The molecule has 0 saturated carbocycles. The highest BCUT2D eigenvalue weighted by molar-refractivity contribution is 5.19. The molecule has 0 amide bonds. The Labute approximate surface area is 101 Å². The lowest BCUT2D eigenvalue weighted by Gasteiger charge is -2.11. The van der Waals surface area contributed by atoms with E-state index in [-0.39, 0.29) is 0 Å².